The van der Waals surface area contributed by atoms with E-state index < -0.39 is 22.0 Å². The minimum Gasteiger partial charge on any atom is -0.378 e. The number of amides is 2. The van der Waals surface area contributed by atoms with E-state index in [-0.39, 0.29) is 29.6 Å². The molecule has 0 radical (unpaired) electrons. The lowest BCUT2D eigenvalue weighted by Gasteiger charge is -2.24. The van der Waals surface area contributed by atoms with Gasteiger partial charge in [-0.05, 0) is 37.5 Å². The Labute approximate surface area is 151 Å². The molecule has 0 aliphatic carbocycles. The second kappa shape index (κ2) is 10.1. The van der Waals surface area contributed by atoms with Crippen LogP contribution in [0.2, 0.25) is 0 Å². The Bertz CT molecular complexity index is 539. The zero-order valence-corrected chi connectivity index (χ0v) is 16.5. The number of hydrogen-bond acceptors (Lipinski definition) is 5. The van der Waals surface area contributed by atoms with Gasteiger partial charge in [0.15, 0.2) is 0 Å². The molecule has 2 amide bonds. The van der Waals surface area contributed by atoms with Crippen molar-refractivity contribution in [3.63, 3.8) is 0 Å². The molecule has 0 bridgehead atoms. The molecule has 1 aliphatic heterocycles. The largest absolute Gasteiger partial charge is 0.378 e. The van der Waals surface area contributed by atoms with Gasteiger partial charge in [-0.2, -0.15) is 0 Å². The van der Waals surface area contributed by atoms with E-state index in [0.29, 0.717) is 19.4 Å². The molecule has 7 nitrogen and oxygen atoms in total. The van der Waals surface area contributed by atoms with Crippen LogP contribution in [0.25, 0.3) is 0 Å². The molecule has 1 fully saturated rings. The molecule has 0 spiro atoms. The molecule has 0 aromatic heterocycles. The van der Waals surface area contributed by atoms with Crippen molar-refractivity contribution in [3.8, 4) is 0 Å². The Morgan fingerprint density at radius 1 is 1.16 bits per heavy atom. The van der Waals surface area contributed by atoms with E-state index in [1.807, 2.05) is 13.8 Å². The van der Waals surface area contributed by atoms with Crippen LogP contribution in [0.5, 0.6) is 0 Å². The second-order valence-electron chi connectivity index (χ2n) is 7.45. The number of rotatable bonds is 9. The summed E-state index contributed by atoms with van der Waals surface area (Å²) in [6.45, 7) is 8.00. The van der Waals surface area contributed by atoms with Crippen LogP contribution in [0.15, 0.2) is 0 Å². The lowest BCUT2D eigenvalue weighted by molar-refractivity contribution is -0.129. The van der Waals surface area contributed by atoms with Gasteiger partial charge in [0.2, 0.25) is 15.9 Å². The third kappa shape index (κ3) is 8.67. The average molecular weight is 377 g/mol. The quantitative estimate of drug-likeness (QED) is 0.636. The van der Waals surface area contributed by atoms with Crippen molar-refractivity contribution in [3.05, 3.63) is 0 Å². The van der Waals surface area contributed by atoms with E-state index in [4.69, 9.17) is 4.74 Å². The molecule has 1 rings (SSSR count). The number of hydrogen-bond donors (Lipinski definition) is 2. The highest BCUT2D eigenvalue weighted by Crippen LogP contribution is 2.16. The van der Waals surface area contributed by atoms with Crippen LogP contribution < -0.4 is 10.0 Å². The third-order valence-electron chi connectivity index (χ3n) is 4.10. The van der Waals surface area contributed by atoms with Crippen LogP contribution in [0.4, 0.5) is 0 Å². The smallest absolute Gasteiger partial charge is 0.256 e. The Hall–Kier alpha value is -1.15. The maximum Gasteiger partial charge on any atom is 0.256 e. The van der Waals surface area contributed by atoms with Gasteiger partial charge >= 0.3 is 0 Å². The normalized spacial score (nSPS) is 19.7. The Morgan fingerprint density at radius 2 is 1.84 bits per heavy atom. The zero-order chi connectivity index (χ0) is 19.0. The molecular weight excluding hydrogens is 344 g/mol. The fourth-order valence-corrected chi connectivity index (χ4v) is 3.84. The summed E-state index contributed by atoms with van der Waals surface area (Å²) in [5, 5.41) is 2.64. The predicted molar refractivity (Wildman–Crippen MR) is 96.4 cm³/mol. The molecule has 0 aromatic carbocycles. The first-order valence-electron chi connectivity index (χ1n) is 9.06. The number of carbonyl (C=O) groups is 2. The van der Waals surface area contributed by atoms with Crippen molar-refractivity contribution in [1.82, 2.24) is 10.0 Å². The monoisotopic (exact) mass is 376 g/mol. The molecule has 25 heavy (non-hydrogen) atoms. The van der Waals surface area contributed by atoms with Crippen LogP contribution in [-0.4, -0.2) is 44.7 Å². The summed E-state index contributed by atoms with van der Waals surface area (Å²) in [5.41, 5.74) is 0. The molecule has 0 saturated carbocycles. The van der Waals surface area contributed by atoms with Crippen LogP contribution in [-0.2, 0) is 24.3 Å². The highest BCUT2D eigenvalue weighted by atomic mass is 32.2. The van der Waals surface area contributed by atoms with Gasteiger partial charge in [-0.15, -0.1) is 0 Å². The van der Waals surface area contributed by atoms with Crippen LogP contribution in [0.3, 0.4) is 0 Å². The minimum atomic E-state index is -3.75. The molecule has 0 aromatic rings. The first kappa shape index (κ1) is 21.9. The van der Waals surface area contributed by atoms with Gasteiger partial charge in [0.1, 0.15) is 6.04 Å². The molecule has 1 saturated heterocycles. The van der Waals surface area contributed by atoms with Gasteiger partial charge in [0.25, 0.3) is 5.91 Å². The van der Waals surface area contributed by atoms with Crippen molar-refractivity contribution < 1.29 is 22.7 Å². The average Bonchev–Trinajstić information content (AvgIpc) is 2.50. The summed E-state index contributed by atoms with van der Waals surface area (Å²) in [5.74, 6) is -1.15. The first-order chi connectivity index (χ1) is 11.6. The third-order valence-corrected chi connectivity index (χ3v) is 5.38. The molecule has 146 valence electrons. The summed E-state index contributed by atoms with van der Waals surface area (Å²) in [7, 11) is -3.75. The van der Waals surface area contributed by atoms with Crippen molar-refractivity contribution in [1.29, 1.82) is 0 Å². The summed E-state index contributed by atoms with van der Waals surface area (Å²) < 4.78 is 32.0. The van der Waals surface area contributed by atoms with E-state index in [1.54, 1.807) is 13.8 Å². The van der Waals surface area contributed by atoms with E-state index in [2.05, 4.69) is 10.0 Å². The minimum absolute atomic E-state index is 0.0629. The second-order valence-corrected chi connectivity index (χ2v) is 9.29. The summed E-state index contributed by atoms with van der Waals surface area (Å²) in [6.07, 6.45) is 3.49. The topological polar surface area (TPSA) is 102 Å². The molecular formula is C17H32N2O5S. The van der Waals surface area contributed by atoms with Gasteiger partial charge in [0, 0.05) is 13.0 Å². The van der Waals surface area contributed by atoms with Crippen LogP contribution in [0, 0.1) is 11.8 Å². The van der Waals surface area contributed by atoms with Gasteiger partial charge in [-0.1, -0.05) is 27.7 Å². The van der Waals surface area contributed by atoms with E-state index >= 15 is 0 Å². The van der Waals surface area contributed by atoms with Crippen molar-refractivity contribution >= 4 is 21.8 Å². The Balaban J connectivity index is 2.57. The Kier molecular flexibility index (Phi) is 8.85. The van der Waals surface area contributed by atoms with Gasteiger partial charge < -0.3 is 10.1 Å². The van der Waals surface area contributed by atoms with E-state index in [9.17, 15) is 18.0 Å². The summed E-state index contributed by atoms with van der Waals surface area (Å²) >= 11 is 0. The predicted octanol–water partition coefficient (Wildman–Crippen LogP) is 1.58. The lowest BCUT2D eigenvalue weighted by atomic mass is 10.0. The van der Waals surface area contributed by atoms with E-state index in [0.717, 1.165) is 19.3 Å². The van der Waals surface area contributed by atoms with Crippen molar-refractivity contribution in [2.45, 2.75) is 71.9 Å². The maximum atomic E-state index is 12.3. The highest BCUT2D eigenvalue weighted by molar-refractivity contribution is 7.90. The van der Waals surface area contributed by atoms with E-state index in [1.165, 1.54) is 0 Å². The van der Waals surface area contributed by atoms with Gasteiger partial charge in [-0.3, -0.25) is 14.3 Å². The summed E-state index contributed by atoms with van der Waals surface area (Å²) in [4.78, 5) is 24.2. The number of ether oxygens (including phenoxy) is 1. The molecule has 8 heteroatoms. The van der Waals surface area contributed by atoms with Crippen molar-refractivity contribution in [2.75, 3.05) is 12.4 Å². The maximum absolute atomic E-state index is 12.3. The Morgan fingerprint density at radius 3 is 2.36 bits per heavy atom. The SMILES string of the molecule is CC(C)CC(=O)NC(C(=O)NS(=O)(=O)CCC1CCCCO1)C(C)C. The number of nitrogens with one attached hydrogen (secondary N) is 2. The van der Waals surface area contributed by atoms with Crippen molar-refractivity contribution in [2.24, 2.45) is 11.8 Å². The fourth-order valence-electron chi connectivity index (χ4n) is 2.73. The molecule has 2 N–H and O–H groups in total. The molecule has 1 aliphatic rings. The number of sulfonamides is 1. The van der Waals surface area contributed by atoms with Crippen LogP contribution in [0.1, 0.15) is 59.8 Å². The highest BCUT2D eigenvalue weighted by Gasteiger charge is 2.28. The summed E-state index contributed by atoms with van der Waals surface area (Å²) in [6, 6.07) is -0.869. The van der Waals surface area contributed by atoms with Gasteiger partial charge in [-0.25, -0.2) is 8.42 Å². The molecule has 2 atom stereocenters. The first-order valence-corrected chi connectivity index (χ1v) is 10.7. The zero-order valence-electron chi connectivity index (χ0n) is 15.7. The number of carbonyl (C=O) groups excluding carboxylic acids is 2. The van der Waals surface area contributed by atoms with Gasteiger partial charge in [0.05, 0.1) is 11.9 Å². The lowest BCUT2D eigenvalue weighted by Crippen LogP contribution is -2.51. The van der Waals surface area contributed by atoms with Crippen LogP contribution >= 0.6 is 0 Å². The standard InChI is InChI=1S/C17H32N2O5S/c1-12(2)11-15(20)18-16(13(3)4)17(21)19-25(22,23)10-8-14-7-5-6-9-24-14/h12-14,16H,5-11H2,1-4H3,(H,18,20)(H,19,21). The fraction of sp³-hybridized carbons (Fsp3) is 0.882. The molecule has 2 unspecified atom stereocenters. The molecule has 1 heterocycles.